The number of aromatic nitrogens is 2. The molecule has 0 saturated carbocycles. The van der Waals surface area contributed by atoms with Gasteiger partial charge in [0, 0.05) is 42.8 Å². The van der Waals surface area contributed by atoms with Gasteiger partial charge in [0.1, 0.15) is 5.82 Å². The molecular weight excluding hydrogens is 326 g/mol. The lowest BCUT2D eigenvalue weighted by molar-refractivity contribution is 0.102. The molecule has 0 radical (unpaired) electrons. The van der Waals surface area contributed by atoms with Crippen molar-refractivity contribution in [3.63, 3.8) is 0 Å². The first-order chi connectivity index (χ1) is 12.5. The quantitative estimate of drug-likeness (QED) is 0.734. The molecule has 1 heterocycles. The van der Waals surface area contributed by atoms with Gasteiger partial charge in [-0.05, 0) is 43.3 Å². The third-order valence-corrected chi connectivity index (χ3v) is 3.73. The molecule has 0 fully saturated rings. The van der Waals surface area contributed by atoms with Gasteiger partial charge in [-0.25, -0.2) is 4.98 Å². The van der Waals surface area contributed by atoms with E-state index >= 15 is 0 Å². The number of aryl methyl sites for hydroxylation is 1. The molecule has 3 rings (SSSR count). The Balaban J connectivity index is 1.69. The Morgan fingerprint density at radius 3 is 2.23 bits per heavy atom. The SMILES string of the molecule is Cc1cc(N(C)C)nc(Nc2ccc(NC(=O)c3ccccc3)cc2)n1. The van der Waals surface area contributed by atoms with Crippen molar-refractivity contribution in [3.05, 3.63) is 71.9 Å². The highest BCUT2D eigenvalue weighted by Crippen LogP contribution is 2.19. The van der Waals surface area contributed by atoms with Crippen LogP contribution in [0.25, 0.3) is 0 Å². The average Bonchev–Trinajstić information content (AvgIpc) is 2.63. The first-order valence-electron chi connectivity index (χ1n) is 8.28. The maximum Gasteiger partial charge on any atom is 0.255 e. The number of rotatable bonds is 5. The minimum absolute atomic E-state index is 0.135. The molecule has 132 valence electrons. The highest BCUT2D eigenvalue weighted by Gasteiger charge is 2.07. The number of hydrogen-bond acceptors (Lipinski definition) is 5. The smallest absolute Gasteiger partial charge is 0.255 e. The molecule has 0 aliphatic rings. The van der Waals surface area contributed by atoms with Crippen LogP contribution in [-0.4, -0.2) is 30.0 Å². The van der Waals surface area contributed by atoms with Crippen LogP contribution in [0.2, 0.25) is 0 Å². The highest BCUT2D eigenvalue weighted by atomic mass is 16.1. The fraction of sp³-hybridized carbons (Fsp3) is 0.150. The van der Waals surface area contributed by atoms with Crippen LogP contribution in [0.4, 0.5) is 23.1 Å². The maximum absolute atomic E-state index is 12.2. The van der Waals surface area contributed by atoms with Gasteiger partial charge < -0.3 is 15.5 Å². The first-order valence-corrected chi connectivity index (χ1v) is 8.28. The fourth-order valence-electron chi connectivity index (χ4n) is 2.40. The molecule has 0 saturated heterocycles. The second-order valence-electron chi connectivity index (χ2n) is 6.11. The van der Waals surface area contributed by atoms with E-state index in [1.54, 1.807) is 12.1 Å². The van der Waals surface area contributed by atoms with Crippen molar-refractivity contribution in [1.29, 1.82) is 0 Å². The number of benzene rings is 2. The molecular formula is C20H21N5O. The van der Waals surface area contributed by atoms with Gasteiger partial charge >= 0.3 is 0 Å². The minimum atomic E-state index is -0.135. The van der Waals surface area contributed by atoms with Crippen molar-refractivity contribution in [2.45, 2.75) is 6.92 Å². The van der Waals surface area contributed by atoms with Crippen molar-refractivity contribution >= 4 is 29.0 Å². The highest BCUT2D eigenvalue weighted by molar-refractivity contribution is 6.04. The summed E-state index contributed by atoms with van der Waals surface area (Å²) >= 11 is 0. The molecule has 3 aromatic rings. The summed E-state index contributed by atoms with van der Waals surface area (Å²) in [5, 5.41) is 6.07. The van der Waals surface area contributed by atoms with Crippen LogP contribution in [0.3, 0.4) is 0 Å². The molecule has 0 atom stereocenters. The van der Waals surface area contributed by atoms with Gasteiger partial charge in [-0.3, -0.25) is 4.79 Å². The Hall–Kier alpha value is -3.41. The standard InChI is InChI=1S/C20H21N5O/c1-14-13-18(25(2)3)24-20(21-14)23-17-11-9-16(10-12-17)22-19(26)15-7-5-4-6-8-15/h4-13H,1-3H3,(H,22,26)(H,21,23,24). The average molecular weight is 347 g/mol. The van der Waals surface area contributed by atoms with Crippen LogP contribution in [0.15, 0.2) is 60.7 Å². The molecule has 0 bridgehead atoms. The van der Waals surface area contributed by atoms with Crippen molar-refractivity contribution in [2.75, 3.05) is 29.6 Å². The molecule has 0 spiro atoms. The number of hydrogen-bond donors (Lipinski definition) is 2. The van der Waals surface area contributed by atoms with Crippen molar-refractivity contribution in [3.8, 4) is 0 Å². The van der Waals surface area contributed by atoms with E-state index in [2.05, 4.69) is 20.6 Å². The van der Waals surface area contributed by atoms with Gasteiger partial charge in [-0.15, -0.1) is 0 Å². The first kappa shape index (κ1) is 17.4. The fourth-order valence-corrected chi connectivity index (χ4v) is 2.40. The lowest BCUT2D eigenvalue weighted by atomic mass is 10.2. The van der Waals surface area contributed by atoms with Gasteiger partial charge in [0.05, 0.1) is 0 Å². The Morgan fingerprint density at radius 2 is 1.58 bits per heavy atom. The molecule has 0 unspecified atom stereocenters. The normalized spacial score (nSPS) is 10.3. The topological polar surface area (TPSA) is 70.2 Å². The number of anilines is 4. The van der Waals surface area contributed by atoms with Gasteiger partial charge in [-0.2, -0.15) is 4.98 Å². The predicted molar refractivity (Wildman–Crippen MR) is 105 cm³/mol. The zero-order valence-corrected chi connectivity index (χ0v) is 15.0. The van der Waals surface area contributed by atoms with E-state index in [1.807, 2.05) is 74.4 Å². The van der Waals surface area contributed by atoms with Gasteiger partial charge in [0.25, 0.3) is 5.91 Å². The van der Waals surface area contributed by atoms with Crippen LogP contribution in [-0.2, 0) is 0 Å². The number of nitrogens with one attached hydrogen (secondary N) is 2. The van der Waals surface area contributed by atoms with Gasteiger partial charge in [0.2, 0.25) is 5.95 Å². The monoisotopic (exact) mass is 347 g/mol. The number of carbonyl (C=O) groups is 1. The number of amides is 1. The molecule has 1 aromatic heterocycles. The summed E-state index contributed by atoms with van der Waals surface area (Å²) in [5.41, 5.74) is 3.08. The van der Waals surface area contributed by atoms with E-state index in [-0.39, 0.29) is 5.91 Å². The second-order valence-corrected chi connectivity index (χ2v) is 6.11. The van der Waals surface area contributed by atoms with E-state index in [1.165, 1.54) is 0 Å². The number of nitrogens with zero attached hydrogens (tertiary/aromatic N) is 3. The summed E-state index contributed by atoms with van der Waals surface area (Å²) in [4.78, 5) is 23.0. The molecule has 0 aliphatic carbocycles. The minimum Gasteiger partial charge on any atom is -0.363 e. The Morgan fingerprint density at radius 1 is 0.923 bits per heavy atom. The molecule has 6 heteroatoms. The van der Waals surface area contributed by atoms with Crippen LogP contribution in [0.1, 0.15) is 16.1 Å². The summed E-state index contributed by atoms with van der Waals surface area (Å²) in [6, 6.07) is 18.5. The zero-order chi connectivity index (χ0) is 18.5. The maximum atomic E-state index is 12.2. The molecule has 2 aromatic carbocycles. The molecule has 1 amide bonds. The molecule has 6 nitrogen and oxygen atoms in total. The van der Waals surface area contributed by atoms with E-state index in [9.17, 15) is 4.79 Å². The Bertz CT molecular complexity index is 892. The van der Waals surface area contributed by atoms with Gasteiger partial charge in [-0.1, -0.05) is 18.2 Å². The number of carbonyl (C=O) groups excluding carboxylic acids is 1. The lowest BCUT2D eigenvalue weighted by Crippen LogP contribution is -2.13. The summed E-state index contributed by atoms with van der Waals surface area (Å²) in [5.74, 6) is 1.24. The molecule has 2 N–H and O–H groups in total. The largest absolute Gasteiger partial charge is 0.363 e. The van der Waals surface area contributed by atoms with Crippen LogP contribution in [0, 0.1) is 6.92 Å². The third kappa shape index (κ3) is 4.36. The van der Waals surface area contributed by atoms with Crippen molar-refractivity contribution < 1.29 is 4.79 Å². The third-order valence-electron chi connectivity index (χ3n) is 3.73. The summed E-state index contributed by atoms with van der Waals surface area (Å²) in [6.45, 7) is 1.93. The van der Waals surface area contributed by atoms with Crippen LogP contribution < -0.4 is 15.5 Å². The molecule has 0 aliphatic heterocycles. The summed E-state index contributed by atoms with van der Waals surface area (Å²) in [7, 11) is 3.88. The van der Waals surface area contributed by atoms with E-state index in [0.29, 0.717) is 11.5 Å². The van der Waals surface area contributed by atoms with Crippen molar-refractivity contribution in [1.82, 2.24) is 9.97 Å². The predicted octanol–water partition coefficient (Wildman–Crippen LogP) is 3.85. The Labute approximate surface area is 152 Å². The van der Waals surface area contributed by atoms with Crippen LogP contribution in [0.5, 0.6) is 0 Å². The van der Waals surface area contributed by atoms with E-state index < -0.39 is 0 Å². The Kier molecular flexibility index (Phi) is 5.12. The molecule has 26 heavy (non-hydrogen) atoms. The lowest BCUT2D eigenvalue weighted by Gasteiger charge is -2.14. The van der Waals surface area contributed by atoms with Crippen molar-refractivity contribution in [2.24, 2.45) is 0 Å². The summed E-state index contributed by atoms with van der Waals surface area (Å²) in [6.07, 6.45) is 0. The second kappa shape index (κ2) is 7.65. The van der Waals surface area contributed by atoms with E-state index in [0.717, 1.165) is 22.9 Å². The zero-order valence-electron chi connectivity index (χ0n) is 15.0. The van der Waals surface area contributed by atoms with E-state index in [4.69, 9.17) is 0 Å². The summed E-state index contributed by atoms with van der Waals surface area (Å²) < 4.78 is 0. The van der Waals surface area contributed by atoms with Gasteiger partial charge in [0.15, 0.2) is 0 Å². The van der Waals surface area contributed by atoms with Crippen LogP contribution >= 0.6 is 0 Å².